The summed E-state index contributed by atoms with van der Waals surface area (Å²) in [5.74, 6) is 0.266. The molecular formula is C13H12O2. The van der Waals surface area contributed by atoms with Crippen molar-refractivity contribution in [1.29, 1.82) is 0 Å². The molecule has 0 amide bonds. The van der Waals surface area contributed by atoms with Crippen LogP contribution in [0.1, 0.15) is 5.56 Å². The van der Waals surface area contributed by atoms with E-state index >= 15 is 0 Å². The Morgan fingerprint density at radius 3 is 2.20 bits per heavy atom. The lowest BCUT2D eigenvalue weighted by molar-refractivity contribution is 0.270. The second kappa shape index (κ2) is 4.15. The normalized spacial score (nSPS) is 19.3. The number of aliphatic hydroxyl groups is 1. The number of allylic oxidation sites excluding steroid dienone is 3. The molecule has 2 heteroatoms. The zero-order valence-electron chi connectivity index (χ0n) is 8.17. The summed E-state index contributed by atoms with van der Waals surface area (Å²) >= 11 is 0. The number of phenols is 1. The minimum atomic E-state index is -0.470. The van der Waals surface area contributed by atoms with E-state index in [9.17, 15) is 5.11 Å². The van der Waals surface area contributed by atoms with Gasteiger partial charge in [0, 0.05) is 0 Å². The highest BCUT2D eigenvalue weighted by atomic mass is 16.3. The molecule has 15 heavy (non-hydrogen) atoms. The molecule has 0 aliphatic heterocycles. The fraction of sp³-hybridized carbons (Fsp3) is 0.0769. The quantitative estimate of drug-likeness (QED) is 0.730. The smallest absolute Gasteiger partial charge is 0.115 e. The van der Waals surface area contributed by atoms with Gasteiger partial charge < -0.3 is 10.2 Å². The van der Waals surface area contributed by atoms with Crippen LogP contribution in [0, 0.1) is 0 Å². The maximum atomic E-state index is 9.20. The fourth-order valence-electron chi connectivity index (χ4n) is 1.40. The predicted molar refractivity (Wildman–Crippen MR) is 60.4 cm³/mol. The van der Waals surface area contributed by atoms with Crippen molar-refractivity contribution >= 4 is 6.08 Å². The number of aliphatic hydroxyl groups excluding tert-OH is 1. The summed E-state index contributed by atoms with van der Waals surface area (Å²) in [4.78, 5) is 0. The van der Waals surface area contributed by atoms with Crippen molar-refractivity contribution in [1.82, 2.24) is 0 Å². The Morgan fingerprint density at radius 1 is 1.00 bits per heavy atom. The summed E-state index contributed by atoms with van der Waals surface area (Å²) in [7, 11) is 0. The molecule has 0 unspecified atom stereocenters. The van der Waals surface area contributed by atoms with Gasteiger partial charge in [0.05, 0.1) is 6.10 Å². The van der Waals surface area contributed by atoms with Crippen LogP contribution in [0.2, 0.25) is 0 Å². The van der Waals surface area contributed by atoms with Gasteiger partial charge in [0.25, 0.3) is 0 Å². The van der Waals surface area contributed by atoms with Crippen LogP contribution in [-0.4, -0.2) is 16.3 Å². The van der Waals surface area contributed by atoms with E-state index in [-0.39, 0.29) is 5.75 Å². The van der Waals surface area contributed by atoms with Crippen LogP contribution < -0.4 is 0 Å². The Bertz CT molecular complexity index is 408. The molecule has 0 saturated heterocycles. The van der Waals surface area contributed by atoms with Crippen molar-refractivity contribution in [3.63, 3.8) is 0 Å². The highest BCUT2D eigenvalue weighted by Gasteiger charge is 1.99. The van der Waals surface area contributed by atoms with Crippen molar-refractivity contribution in [3.8, 4) is 5.75 Å². The summed E-state index contributed by atoms with van der Waals surface area (Å²) in [6.07, 6.45) is 8.72. The van der Waals surface area contributed by atoms with Gasteiger partial charge in [-0.2, -0.15) is 0 Å². The fourth-order valence-corrected chi connectivity index (χ4v) is 1.40. The molecule has 1 aromatic rings. The first kappa shape index (κ1) is 9.74. The summed E-state index contributed by atoms with van der Waals surface area (Å²) in [5, 5.41) is 18.3. The third-order valence-electron chi connectivity index (χ3n) is 2.20. The first-order valence-corrected chi connectivity index (χ1v) is 4.79. The van der Waals surface area contributed by atoms with Gasteiger partial charge in [-0.05, 0) is 29.3 Å². The maximum Gasteiger partial charge on any atom is 0.115 e. The van der Waals surface area contributed by atoms with Gasteiger partial charge in [-0.15, -0.1) is 0 Å². The molecule has 1 aliphatic rings. The summed E-state index contributed by atoms with van der Waals surface area (Å²) in [6, 6.07) is 6.99. The highest BCUT2D eigenvalue weighted by Crippen LogP contribution is 2.16. The number of hydrogen-bond acceptors (Lipinski definition) is 2. The van der Waals surface area contributed by atoms with E-state index in [1.165, 1.54) is 0 Å². The molecule has 76 valence electrons. The number of phenolic OH excluding ortho intramolecular Hbond substituents is 1. The molecule has 0 atom stereocenters. The molecule has 0 aromatic heterocycles. The zero-order valence-corrected chi connectivity index (χ0v) is 8.17. The number of rotatable bonds is 1. The third-order valence-corrected chi connectivity index (χ3v) is 2.20. The molecular weight excluding hydrogens is 188 g/mol. The molecule has 1 aliphatic carbocycles. The van der Waals surface area contributed by atoms with Crippen molar-refractivity contribution in [3.05, 3.63) is 59.7 Å². The second-order valence-corrected chi connectivity index (χ2v) is 3.44. The Hall–Kier alpha value is -1.80. The van der Waals surface area contributed by atoms with Gasteiger partial charge in [-0.25, -0.2) is 0 Å². The molecule has 2 N–H and O–H groups in total. The van der Waals surface area contributed by atoms with Gasteiger partial charge in [-0.1, -0.05) is 36.4 Å². The van der Waals surface area contributed by atoms with Crippen LogP contribution in [0.5, 0.6) is 5.75 Å². The molecule has 1 aromatic carbocycles. The van der Waals surface area contributed by atoms with E-state index in [1.807, 2.05) is 30.4 Å². The molecule has 0 heterocycles. The van der Waals surface area contributed by atoms with Gasteiger partial charge in [0.1, 0.15) is 5.75 Å². The summed E-state index contributed by atoms with van der Waals surface area (Å²) in [5.41, 5.74) is 2.06. The average molecular weight is 200 g/mol. The molecule has 2 nitrogen and oxygen atoms in total. The van der Waals surface area contributed by atoms with Gasteiger partial charge >= 0.3 is 0 Å². The third kappa shape index (κ3) is 2.58. The topological polar surface area (TPSA) is 40.5 Å². The summed E-state index contributed by atoms with van der Waals surface area (Å²) in [6.45, 7) is 0. The predicted octanol–water partition coefficient (Wildman–Crippen LogP) is 2.26. The van der Waals surface area contributed by atoms with Crippen molar-refractivity contribution < 1.29 is 10.2 Å². The first-order chi connectivity index (χ1) is 7.24. The molecule has 2 rings (SSSR count). The Balaban J connectivity index is 2.20. The second-order valence-electron chi connectivity index (χ2n) is 3.44. The highest BCUT2D eigenvalue weighted by molar-refractivity contribution is 5.61. The van der Waals surface area contributed by atoms with Crippen LogP contribution in [0.3, 0.4) is 0 Å². The van der Waals surface area contributed by atoms with Crippen molar-refractivity contribution in [2.75, 3.05) is 0 Å². The van der Waals surface area contributed by atoms with E-state index in [1.54, 1.807) is 24.3 Å². The molecule has 0 fully saturated rings. The van der Waals surface area contributed by atoms with E-state index in [2.05, 4.69) is 0 Å². The monoisotopic (exact) mass is 200 g/mol. The van der Waals surface area contributed by atoms with E-state index in [0.29, 0.717) is 0 Å². The first-order valence-electron chi connectivity index (χ1n) is 4.79. The minimum absolute atomic E-state index is 0.266. The van der Waals surface area contributed by atoms with Crippen molar-refractivity contribution in [2.45, 2.75) is 6.10 Å². The van der Waals surface area contributed by atoms with Crippen LogP contribution >= 0.6 is 0 Å². The maximum absolute atomic E-state index is 9.20. The Labute approximate surface area is 88.5 Å². The lowest BCUT2D eigenvalue weighted by atomic mass is 10.0. The molecule has 0 bridgehead atoms. The molecule has 0 saturated carbocycles. The van der Waals surface area contributed by atoms with E-state index in [4.69, 9.17) is 5.11 Å². The van der Waals surface area contributed by atoms with Gasteiger partial charge in [-0.3, -0.25) is 0 Å². The number of aromatic hydroxyl groups is 1. The number of hydrogen-bond donors (Lipinski definition) is 2. The molecule has 0 spiro atoms. The minimum Gasteiger partial charge on any atom is -0.508 e. The lowest BCUT2D eigenvalue weighted by Crippen LogP contribution is -1.99. The SMILES string of the molecule is Oc1ccc(C=C2C=CC(O)C=C2)cc1. The molecule has 0 radical (unpaired) electrons. The van der Waals surface area contributed by atoms with Crippen LogP contribution in [-0.2, 0) is 0 Å². The summed E-state index contributed by atoms with van der Waals surface area (Å²) < 4.78 is 0. The number of benzene rings is 1. The lowest BCUT2D eigenvalue weighted by Gasteiger charge is -2.05. The standard InChI is InChI=1S/C13H12O2/c14-12-5-1-10(2-6-12)9-11-3-7-13(15)8-4-11/h1-9,12,14-15H. The van der Waals surface area contributed by atoms with Crippen molar-refractivity contribution in [2.24, 2.45) is 0 Å². The Morgan fingerprint density at radius 2 is 1.60 bits per heavy atom. The van der Waals surface area contributed by atoms with Crippen LogP contribution in [0.15, 0.2) is 54.1 Å². The van der Waals surface area contributed by atoms with Gasteiger partial charge in [0.2, 0.25) is 0 Å². The average Bonchev–Trinajstić information content (AvgIpc) is 2.25. The van der Waals surface area contributed by atoms with E-state index < -0.39 is 6.10 Å². The largest absolute Gasteiger partial charge is 0.508 e. The van der Waals surface area contributed by atoms with E-state index in [0.717, 1.165) is 11.1 Å². The van der Waals surface area contributed by atoms with Crippen LogP contribution in [0.4, 0.5) is 0 Å². The zero-order chi connectivity index (χ0) is 10.7. The Kier molecular flexibility index (Phi) is 2.70. The van der Waals surface area contributed by atoms with Crippen LogP contribution in [0.25, 0.3) is 6.08 Å². The van der Waals surface area contributed by atoms with Gasteiger partial charge in [0.15, 0.2) is 0 Å².